The van der Waals surface area contributed by atoms with Crippen LogP contribution >= 0.6 is 38.6 Å². The summed E-state index contributed by atoms with van der Waals surface area (Å²) >= 11 is 7.24. The highest BCUT2D eigenvalue weighted by Gasteiger charge is 2.14. The Hall–Kier alpha value is -0.640. The Morgan fingerprint density at radius 1 is 1.17 bits per heavy atom. The number of aryl methyl sites for hydroxylation is 1. The van der Waals surface area contributed by atoms with Gasteiger partial charge in [-0.2, -0.15) is 0 Å². The highest BCUT2D eigenvalue weighted by molar-refractivity contribution is 9.11. The van der Waals surface area contributed by atoms with Crippen molar-refractivity contribution >= 4 is 44.2 Å². The summed E-state index contributed by atoms with van der Waals surface area (Å²) in [6.45, 7) is 2.16. The Kier molecular flexibility index (Phi) is 3.55. The highest BCUT2D eigenvalue weighted by Crippen LogP contribution is 2.36. The van der Waals surface area contributed by atoms with Gasteiger partial charge in [-0.25, -0.2) is 0 Å². The zero-order valence-corrected chi connectivity index (χ0v) is 13.2. The number of halogens is 1. The van der Waals surface area contributed by atoms with E-state index in [-0.39, 0.29) is 0 Å². The maximum atomic E-state index is 3.53. The van der Waals surface area contributed by atoms with E-state index in [4.69, 9.17) is 0 Å². The van der Waals surface area contributed by atoms with Crippen LogP contribution in [0.2, 0.25) is 0 Å². The Morgan fingerprint density at radius 3 is 2.61 bits per heavy atom. The molecule has 1 aliphatic carbocycles. The fourth-order valence-corrected chi connectivity index (χ4v) is 4.54. The van der Waals surface area contributed by atoms with Crippen molar-refractivity contribution in [2.45, 2.75) is 19.3 Å². The summed E-state index contributed by atoms with van der Waals surface area (Å²) in [6, 6.07) is 8.77. The first kappa shape index (κ1) is 12.4. The van der Waals surface area contributed by atoms with E-state index in [9.17, 15) is 0 Å². The van der Waals surface area contributed by atoms with Crippen LogP contribution in [0.1, 0.15) is 27.0 Å². The molecule has 3 heteroatoms. The molecule has 0 radical (unpaired) electrons. The topological polar surface area (TPSA) is 0 Å². The van der Waals surface area contributed by atoms with E-state index in [2.05, 4.69) is 65.3 Å². The molecule has 2 aromatic heterocycles. The smallest absolute Gasteiger partial charge is 0.0701 e. The zero-order valence-electron chi connectivity index (χ0n) is 10.0. The third-order valence-corrected chi connectivity index (χ3v) is 5.89. The van der Waals surface area contributed by atoms with E-state index >= 15 is 0 Å². The molecule has 0 N–H and O–H groups in total. The van der Waals surface area contributed by atoms with Gasteiger partial charge in [0.1, 0.15) is 0 Å². The Bertz CT molecular complexity index is 616. The van der Waals surface area contributed by atoms with Gasteiger partial charge in [0, 0.05) is 20.5 Å². The molecule has 0 saturated carbocycles. The molecule has 2 aromatic rings. The van der Waals surface area contributed by atoms with Gasteiger partial charge in [-0.3, -0.25) is 0 Å². The lowest BCUT2D eigenvalue weighted by atomic mass is 9.95. The van der Waals surface area contributed by atoms with Crippen molar-refractivity contribution in [3.63, 3.8) is 0 Å². The minimum atomic E-state index is 0.547. The number of hydrogen-bond donors (Lipinski definition) is 0. The van der Waals surface area contributed by atoms with E-state index in [0.29, 0.717) is 5.92 Å². The third-order valence-electron chi connectivity index (χ3n) is 3.08. The number of hydrogen-bond acceptors (Lipinski definition) is 2. The highest BCUT2D eigenvalue weighted by atomic mass is 79.9. The lowest BCUT2D eigenvalue weighted by molar-refractivity contribution is 0.877. The van der Waals surface area contributed by atoms with Gasteiger partial charge < -0.3 is 0 Å². The predicted molar refractivity (Wildman–Crippen MR) is 85.6 cm³/mol. The SMILES string of the molecule is Cc1ccc(C2=CCC(c3ccc(Br)s3)C=C2)s1. The summed E-state index contributed by atoms with van der Waals surface area (Å²) in [7, 11) is 0. The van der Waals surface area contributed by atoms with Crippen molar-refractivity contribution in [3.05, 3.63) is 60.9 Å². The van der Waals surface area contributed by atoms with Crippen LogP contribution in [0.25, 0.3) is 5.57 Å². The van der Waals surface area contributed by atoms with E-state index in [1.165, 1.54) is 24.0 Å². The lowest BCUT2D eigenvalue weighted by Gasteiger charge is -2.14. The van der Waals surface area contributed by atoms with E-state index in [0.717, 1.165) is 6.42 Å². The quantitative estimate of drug-likeness (QED) is 0.630. The predicted octanol–water partition coefficient (Wildman–Crippen LogP) is 6.01. The lowest BCUT2D eigenvalue weighted by Crippen LogP contribution is -1.95. The van der Waals surface area contributed by atoms with E-state index in [1.54, 1.807) is 0 Å². The molecule has 0 aromatic carbocycles. The van der Waals surface area contributed by atoms with Gasteiger partial charge in [0.05, 0.1) is 3.79 Å². The fourth-order valence-electron chi connectivity index (χ4n) is 2.13. The molecule has 1 atom stereocenters. The van der Waals surface area contributed by atoms with Crippen LogP contribution in [0.15, 0.2) is 46.3 Å². The molecular weight excluding hydrogens is 324 g/mol. The second-order valence-corrected chi connectivity index (χ2v) is 8.20. The van der Waals surface area contributed by atoms with Crippen molar-refractivity contribution < 1.29 is 0 Å². The molecule has 2 heterocycles. The zero-order chi connectivity index (χ0) is 12.5. The first-order chi connectivity index (χ1) is 8.72. The molecule has 0 nitrogen and oxygen atoms in total. The molecule has 3 rings (SSSR count). The maximum Gasteiger partial charge on any atom is 0.0701 e. The molecule has 92 valence electrons. The average molecular weight is 337 g/mol. The first-order valence-corrected chi connectivity index (χ1v) is 8.35. The largest absolute Gasteiger partial charge is 0.141 e. The molecule has 0 fully saturated rings. The maximum absolute atomic E-state index is 3.53. The van der Waals surface area contributed by atoms with Crippen molar-refractivity contribution in [2.24, 2.45) is 0 Å². The first-order valence-electron chi connectivity index (χ1n) is 5.93. The average Bonchev–Trinajstić information content (AvgIpc) is 2.98. The number of thiophene rings is 2. The van der Waals surface area contributed by atoms with Crippen LogP contribution in [0, 0.1) is 6.92 Å². The molecule has 0 aliphatic heterocycles. The minimum Gasteiger partial charge on any atom is -0.141 e. The molecule has 0 bridgehead atoms. The van der Waals surface area contributed by atoms with Crippen LogP contribution in [-0.2, 0) is 0 Å². The second kappa shape index (κ2) is 5.16. The van der Waals surface area contributed by atoms with E-state index < -0.39 is 0 Å². The fraction of sp³-hybridized carbons (Fsp3) is 0.200. The van der Waals surface area contributed by atoms with Gasteiger partial charge >= 0.3 is 0 Å². The molecule has 1 unspecified atom stereocenters. The second-order valence-electron chi connectivity index (χ2n) is 4.41. The van der Waals surface area contributed by atoms with Crippen LogP contribution in [-0.4, -0.2) is 0 Å². The van der Waals surface area contributed by atoms with Crippen molar-refractivity contribution in [1.82, 2.24) is 0 Å². The van der Waals surface area contributed by atoms with Gasteiger partial charge in [-0.1, -0.05) is 18.2 Å². The monoisotopic (exact) mass is 336 g/mol. The third kappa shape index (κ3) is 2.53. The number of rotatable bonds is 2. The van der Waals surface area contributed by atoms with Crippen LogP contribution in [0.3, 0.4) is 0 Å². The van der Waals surface area contributed by atoms with Gasteiger partial charge in [0.25, 0.3) is 0 Å². The summed E-state index contributed by atoms with van der Waals surface area (Å²) in [5.41, 5.74) is 1.37. The van der Waals surface area contributed by atoms with Gasteiger partial charge in [-0.15, -0.1) is 22.7 Å². The van der Waals surface area contributed by atoms with Crippen LogP contribution < -0.4 is 0 Å². The van der Waals surface area contributed by atoms with Gasteiger partial charge in [-0.05, 0) is 59.1 Å². The molecular formula is C15H13BrS2. The Labute approximate surface area is 124 Å². The van der Waals surface area contributed by atoms with Crippen LogP contribution in [0.4, 0.5) is 0 Å². The summed E-state index contributed by atoms with van der Waals surface area (Å²) in [4.78, 5) is 4.20. The molecule has 0 saturated heterocycles. The van der Waals surface area contributed by atoms with Crippen LogP contribution in [0.5, 0.6) is 0 Å². The molecule has 1 aliphatic rings. The number of allylic oxidation sites excluding steroid dienone is 4. The van der Waals surface area contributed by atoms with Gasteiger partial charge in [0.15, 0.2) is 0 Å². The standard InChI is InChI=1S/C15H13BrS2/c1-10-2-7-13(17-10)11-3-5-12(6-4-11)14-8-9-15(16)18-14/h2-5,7-9,12H,6H2,1H3. The molecule has 18 heavy (non-hydrogen) atoms. The van der Waals surface area contributed by atoms with E-state index in [1.807, 2.05) is 22.7 Å². The summed E-state index contributed by atoms with van der Waals surface area (Å²) in [5, 5.41) is 0. The summed E-state index contributed by atoms with van der Waals surface area (Å²) in [6.07, 6.45) is 8.08. The Morgan fingerprint density at radius 2 is 2.06 bits per heavy atom. The minimum absolute atomic E-state index is 0.547. The molecule has 0 spiro atoms. The molecule has 0 amide bonds. The Balaban J connectivity index is 1.78. The summed E-state index contributed by atoms with van der Waals surface area (Å²) in [5.74, 6) is 0.547. The normalized spacial score (nSPS) is 19.0. The summed E-state index contributed by atoms with van der Waals surface area (Å²) < 4.78 is 1.22. The van der Waals surface area contributed by atoms with Crippen molar-refractivity contribution in [3.8, 4) is 0 Å². The van der Waals surface area contributed by atoms with Gasteiger partial charge in [0.2, 0.25) is 0 Å². The van der Waals surface area contributed by atoms with Crippen molar-refractivity contribution in [2.75, 3.05) is 0 Å². The van der Waals surface area contributed by atoms with Crippen molar-refractivity contribution in [1.29, 1.82) is 0 Å².